The highest BCUT2D eigenvalue weighted by molar-refractivity contribution is 7.89. The first-order chi connectivity index (χ1) is 8.83. The molecule has 19 heavy (non-hydrogen) atoms. The van der Waals surface area contributed by atoms with Crippen LogP contribution in [0, 0.1) is 13.8 Å². The summed E-state index contributed by atoms with van der Waals surface area (Å²) in [4.78, 5) is 0.169. The molecule has 108 valence electrons. The molecule has 1 unspecified atom stereocenters. The highest BCUT2D eigenvalue weighted by atomic mass is 32.2. The molecule has 1 atom stereocenters. The summed E-state index contributed by atoms with van der Waals surface area (Å²) < 4.78 is 32.5. The van der Waals surface area contributed by atoms with Crippen LogP contribution < -0.4 is 10.5 Å². The van der Waals surface area contributed by atoms with E-state index in [0.29, 0.717) is 24.3 Å². The quantitative estimate of drug-likeness (QED) is 0.778. The highest BCUT2D eigenvalue weighted by Crippen LogP contribution is 2.26. The van der Waals surface area contributed by atoms with Crippen molar-refractivity contribution in [3.8, 4) is 0 Å². The molecule has 1 rings (SSSR count). The number of rotatable bonds is 6. The SMILES string of the molecule is CCC(COC)NS(=O)(=O)c1c(C)ccc(C)c1N. The second-order valence-electron chi connectivity index (χ2n) is 4.62. The van der Waals surface area contributed by atoms with Gasteiger partial charge in [-0.15, -0.1) is 0 Å². The minimum absolute atomic E-state index is 0.169. The molecule has 0 aliphatic carbocycles. The third-order valence-electron chi connectivity index (χ3n) is 3.06. The van der Waals surface area contributed by atoms with Crippen LogP contribution in [0.4, 0.5) is 5.69 Å². The van der Waals surface area contributed by atoms with Gasteiger partial charge < -0.3 is 10.5 Å². The fourth-order valence-electron chi connectivity index (χ4n) is 1.88. The summed E-state index contributed by atoms with van der Waals surface area (Å²) in [7, 11) is -2.09. The summed E-state index contributed by atoms with van der Waals surface area (Å²) in [6.45, 7) is 5.76. The fourth-order valence-corrected chi connectivity index (χ4v) is 3.61. The minimum Gasteiger partial charge on any atom is -0.397 e. The van der Waals surface area contributed by atoms with Crippen LogP contribution in [0.5, 0.6) is 0 Å². The average molecular weight is 286 g/mol. The predicted molar refractivity (Wildman–Crippen MR) is 76.6 cm³/mol. The average Bonchev–Trinajstić information content (AvgIpc) is 2.33. The predicted octanol–water partition coefficient (Wildman–Crippen LogP) is 1.59. The van der Waals surface area contributed by atoms with Gasteiger partial charge in [-0.25, -0.2) is 13.1 Å². The lowest BCUT2D eigenvalue weighted by molar-refractivity contribution is 0.173. The maximum Gasteiger partial charge on any atom is 0.243 e. The zero-order valence-electron chi connectivity index (χ0n) is 11.9. The van der Waals surface area contributed by atoms with E-state index in [1.165, 1.54) is 0 Å². The lowest BCUT2D eigenvalue weighted by atomic mass is 10.1. The number of nitrogens with one attached hydrogen (secondary N) is 1. The first-order valence-corrected chi connectivity index (χ1v) is 7.68. The Hall–Kier alpha value is -1.11. The number of hydrogen-bond acceptors (Lipinski definition) is 4. The summed E-state index contributed by atoms with van der Waals surface area (Å²) in [6.07, 6.45) is 0.651. The molecule has 0 amide bonds. The number of methoxy groups -OCH3 is 1. The van der Waals surface area contributed by atoms with Crippen LogP contribution in [0.1, 0.15) is 24.5 Å². The molecule has 0 radical (unpaired) electrons. The van der Waals surface area contributed by atoms with Gasteiger partial charge in [-0.1, -0.05) is 19.1 Å². The molecular formula is C13H22N2O3S. The molecule has 0 spiro atoms. The van der Waals surface area contributed by atoms with Crippen LogP contribution in [0.15, 0.2) is 17.0 Å². The molecule has 3 N–H and O–H groups in total. The summed E-state index contributed by atoms with van der Waals surface area (Å²) >= 11 is 0. The summed E-state index contributed by atoms with van der Waals surface area (Å²) in [5.41, 5.74) is 7.61. The van der Waals surface area contributed by atoms with Crippen molar-refractivity contribution in [2.75, 3.05) is 19.5 Å². The zero-order valence-corrected chi connectivity index (χ0v) is 12.7. The molecule has 0 fully saturated rings. The van der Waals surface area contributed by atoms with Gasteiger partial charge in [0.2, 0.25) is 10.0 Å². The first-order valence-electron chi connectivity index (χ1n) is 6.20. The summed E-state index contributed by atoms with van der Waals surface area (Å²) in [6, 6.07) is 3.32. The Morgan fingerprint density at radius 1 is 1.32 bits per heavy atom. The van der Waals surface area contributed by atoms with Crippen LogP contribution in [0.3, 0.4) is 0 Å². The van der Waals surface area contributed by atoms with Gasteiger partial charge >= 0.3 is 0 Å². The smallest absolute Gasteiger partial charge is 0.243 e. The van der Waals surface area contributed by atoms with Crippen molar-refractivity contribution in [1.82, 2.24) is 4.72 Å². The number of benzene rings is 1. The van der Waals surface area contributed by atoms with E-state index in [4.69, 9.17) is 10.5 Å². The van der Waals surface area contributed by atoms with Gasteiger partial charge in [-0.05, 0) is 31.4 Å². The van der Waals surface area contributed by atoms with Crippen LogP contribution in [0.25, 0.3) is 0 Å². The van der Waals surface area contributed by atoms with E-state index in [1.807, 2.05) is 13.0 Å². The van der Waals surface area contributed by atoms with E-state index in [0.717, 1.165) is 5.56 Å². The lowest BCUT2D eigenvalue weighted by Gasteiger charge is -2.19. The molecule has 6 heteroatoms. The van der Waals surface area contributed by atoms with Crippen LogP contribution >= 0.6 is 0 Å². The molecule has 0 aromatic heterocycles. The van der Waals surface area contributed by atoms with E-state index >= 15 is 0 Å². The second kappa shape index (κ2) is 6.36. The topological polar surface area (TPSA) is 81.4 Å². The molecule has 0 saturated heterocycles. The number of sulfonamides is 1. The zero-order chi connectivity index (χ0) is 14.6. The van der Waals surface area contributed by atoms with Gasteiger partial charge in [0.25, 0.3) is 0 Å². The normalized spacial score (nSPS) is 13.5. The van der Waals surface area contributed by atoms with Gasteiger partial charge in [0, 0.05) is 13.2 Å². The first kappa shape index (κ1) is 15.9. The summed E-state index contributed by atoms with van der Waals surface area (Å²) in [5, 5.41) is 0. The Morgan fingerprint density at radius 3 is 2.42 bits per heavy atom. The maximum atomic E-state index is 12.4. The number of aryl methyl sites for hydroxylation is 2. The molecule has 0 heterocycles. The van der Waals surface area contributed by atoms with Gasteiger partial charge in [0.1, 0.15) is 4.90 Å². The molecule has 0 bridgehead atoms. The Kier molecular flexibility index (Phi) is 5.34. The molecule has 5 nitrogen and oxygen atoms in total. The maximum absolute atomic E-state index is 12.4. The highest BCUT2D eigenvalue weighted by Gasteiger charge is 2.24. The molecule has 0 saturated carbocycles. The van der Waals surface area contributed by atoms with Crippen molar-refractivity contribution in [3.05, 3.63) is 23.3 Å². The van der Waals surface area contributed by atoms with Gasteiger partial charge in [-0.3, -0.25) is 0 Å². The Labute approximate surface area is 115 Å². The van der Waals surface area contributed by atoms with Crippen molar-refractivity contribution in [2.24, 2.45) is 0 Å². The molecule has 0 aliphatic rings. The number of ether oxygens (including phenoxy) is 1. The van der Waals surface area contributed by atoms with E-state index in [-0.39, 0.29) is 10.9 Å². The van der Waals surface area contributed by atoms with E-state index in [9.17, 15) is 8.42 Å². The van der Waals surface area contributed by atoms with Crippen molar-refractivity contribution in [3.63, 3.8) is 0 Å². The van der Waals surface area contributed by atoms with Gasteiger partial charge in [0.05, 0.1) is 12.3 Å². The Morgan fingerprint density at radius 2 is 1.89 bits per heavy atom. The van der Waals surface area contributed by atoms with E-state index in [1.54, 1.807) is 27.0 Å². The van der Waals surface area contributed by atoms with Gasteiger partial charge in [-0.2, -0.15) is 0 Å². The Bertz CT molecular complexity index is 541. The monoisotopic (exact) mass is 286 g/mol. The van der Waals surface area contributed by atoms with E-state index < -0.39 is 10.0 Å². The number of anilines is 1. The van der Waals surface area contributed by atoms with Crippen molar-refractivity contribution < 1.29 is 13.2 Å². The molecule has 0 aliphatic heterocycles. The minimum atomic E-state index is -3.63. The number of hydrogen-bond donors (Lipinski definition) is 2. The van der Waals surface area contributed by atoms with E-state index in [2.05, 4.69) is 4.72 Å². The summed E-state index contributed by atoms with van der Waals surface area (Å²) in [5.74, 6) is 0. The van der Waals surface area contributed by atoms with Crippen LogP contribution in [0.2, 0.25) is 0 Å². The molecule has 1 aromatic rings. The number of nitrogen functional groups attached to an aromatic ring is 1. The molecular weight excluding hydrogens is 264 g/mol. The fraction of sp³-hybridized carbons (Fsp3) is 0.538. The molecule has 1 aromatic carbocycles. The second-order valence-corrected chi connectivity index (χ2v) is 6.27. The Balaban J connectivity index is 3.17. The van der Waals surface area contributed by atoms with Crippen molar-refractivity contribution in [1.29, 1.82) is 0 Å². The van der Waals surface area contributed by atoms with Crippen molar-refractivity contribution in [2.45, 2.75) is 38.1 Å². The third-order valence-corrected chi connectivity index (χ3v) is 4.79. The van der Waals surface area contributed by atoms with Crippen LogP contribution in [-0.2, 0) is 14.8 Å². The number of nitrogens with two attached hydrogens (primary N) is 1. The third kappa shape index (κ3) is 3.68. The van der Waals surface area contributed by atoms with Gasteiger partial charge in [0.15, 0.2) is 0 Å². The lowest BCUT2D eigenvalue weighted by Crippen LogP contribution is -2.38. The standard InChI is InChI=1S/C13H22N2O3S/c1-5-11(8-18-4)15-19(16,17)13-10(3)7-6-9(2)12(13)14/h6-7,11,15H,5,8,14H2,1-4H3. The largest absolute Gasteiger partial charge is 0.397 e. The van der Waals surface area contributed by atoms with Crippen molar-refractivity contribution >= 4 is 15.7 Å². The van der Waals surface area contributed by atoms with Crippen LogP contribution in [-0.4, -0.2) is 28.2 Å².